The minimum absolute atomic E-state index is 0.181. The van der Waals surface area contributed by atoms with Crippen LogP contribution in [0.4, 0.5) is 4.39 Å². The van der Waals surface area contributed by atoms with Gasteiger partial charge < -0.3 is 14.9 Å². The summed E-state index contributed by atoms with van der Waals surface area (Å²) in [5.74, 6) is 0.336. The summed E-state index contributed by atoms with van der Waals surface area (Å²) in [6.07, 6.45) is 0.434. The molecular formula is C16H15FN2O2. The Hall–Kier alpha value is -2.40. The molecule has 108 valence electrons. The lowest BCUT2D eigenvalue weighted by atomic mass is 10.0. The summed E-state index contributed by atoms with van der Waals surface area (Å²) in [5, 5.41) is 0. The van der Waals surface area contributed by atoms with Crippen molar-refractivity contribution in [2.75, 3.05) is 7.11 Å². The molecule has 1 unspecified atom stereocenters. The van der Waals surface area contributed by atoms with Gasteiger partial charge in [-0.2, -0.15) is 0 Å². The largest absolute Gasteiger partial charge is 0.494 e. The van der Waals surface area contributed by atoms with E-state index in [1.165, 1.54) is 13.2 Å². The second-order valence-electron chi connectivity index (χ2n) is 4.78. The van der Waals surface area contributed by atoms with Gasteiger partial charge >= 0.3 is 0 Å². The number of aromatic nitrogens is 1. The van der Waals surface area contributed by atoms with Crippen molar-refractivity contribution in [1.82, 2.24) is 4.98 Å². The molecule has 0 saturated heterocycles. The lowest BCUT2D eigenvalue weighted by Crippen LogP contribution is -2.13. The minimum atomic E-state index is -0.407. The van der Waals surface area contributed by atoms with Crippen molar-refractivity contribution in [3.8, 4) is 5.75 Å². The van der Waals surface area contributed by atoms with Crippen LogP contribution >= 0.6 is 0 Å². The summed E-state index contributed by atoms with van der Waals surface area (Å²) in [6.45, 7) is 0. The average Bonchev–Trinajstić information content (AvgIpc) is 2.89. The van der Waals surface area contributed by atoms with Crippen LogP contribution in [0.1, 0.15) is 17.5 Å². The minimum Gasteiger partial charge on any atom is -0.494 e. The molecule has 21 heavy (non-hydrogen) atoms. The molecule has 3 aromatic rings. The molecule has 1 heterocycles. The SMILES string of the molecule is COc1cc(C(N)Cc2nc3ccccc3o2)ccc1F. The number of fused-ring (bicyclic) bond motifs is 1. The third kappa shape index (κ3) is 2.73. The van der Waals surface area contributed by atoms with E-state index in [0.717, 1.165) is 16.7 Å². The van der Waals surface area contributed by atoms with Crippen molar-refractivity contribution < 1.29 is 13.5 Å². The predicted molar refractivity (Wildman–Crippen MR) is 77.6 cm³/mol. The number of nitrogens with zero attached hydrogens (tertiary/aromatic N) is 1. The van der Waals surface area contributed by atoms with Crippen LogP contribution in [0.5, 0.6) is 5.75 Å². The predicted octanol–water partition coefficient (Wildman–Crippen LogP) is 3.22. The zero-order valence-electron chi connectivity index (χ0n) is 11.5. The van der Waals surface area contributed by atoms with Gasteiger partial charge in [0.15, 0.2) is 23.0 Å². The van der Waals surface area contributed by atoms with Crippen LogP contribution in [0.2, 0.25) is 0 Å². The average molecular weight is 286 g/mol. The van der Waals surface area contributed by atoms with Gasteiger partial charge in [0, 0.05) is 12.5 Å². The Morgan fingerprint density at radius 2 is 2.10 bits per heavy atom. The molecule has 0 amide bonds. The Morgan fingerprint density at radius 3 is 2.86 bits per heavy atom. The standard InChI is InChI=1S/C16H15FN2O2/c1-20-15-8-10(6-7-11(15)17)12(18)9-16-19-13-4-2-3-5-14(13)21-16/h2-8,12H,9,18H2,1H3. The zero-order valence-corrected chi connectivity index (χ0v) is 11.5. The van der Waals surface area contributed by atoms with Gasteiger partial charge in [-0.05, 0) is 29.8 Å². The molecule has 0 bridgehead atoms. The first-order valence-electron chi connectivity index (χ1n) is 6.61. The molecule has 0 saturated carbocycles. The molecule has 5 heteroatoms. The van der Waals surface area contributed by atoms with Crippen LogP contribution < -0.4 is 10.5 Å². The van der Waals surface area contributed by atoms with Crippen LogP contribution in [-0.4, -0.2) is 12.1 Å². The Balaban J connectivity index is 1.83. The van der Waals surface area contributed by atoms with Crippen LogP contribution in [0.25, 0.3) is 11.1 Å². The van der Waals surface area contributed by atoms with Crippen molar-refractivity contribution in [3.63, 3.8) is 0 Å². The molecule has 0 aliphatic carbocycles. The summed E-state index contributed by atoms with van der Waals surface area (Å²) in [4.78, 5) is 4.39. The van der Waals surface area contributed by atoms with E-state index in [4.69, 9.17) is 14.9 Å². The second kappa shape index (κ2) is 5.54. The first kappa shape index (κ1) is 13.6. The second-order valence-corrected chi connectivity index (χ2v) is 4.78. The normalized spacial score (nSPS) is 12.5. The first-order valence-corrected chi connectivity index (χ1v) is 6.61. The Bertz CT molecular complexity index is 737. The zero-order chi connectivity index (χ0) is 14.8. The molecule has 1 atom stereocenters. The van der Waals surface area contributed by atoms with Gasteiger partial charge in [-0.1, -0.05) is 18.2 Å². The highest BCUT2D eigenvalue weighted by Gasteiger charge is 2.14. The van der Waals surface area contributed by atoms with Crippen molar-refractivity contribution in [3.05, 3.63) is 59.7 Å². The van der Waals surface area contributed by atoms with E-state index in [-0.39, 0.29) is 11.8 Å². The molecule has 0 radical (unpaired) electrons. The third-order valence-corrected chi connectivity index (χ3v) is 3.34. The van der Waals surface area contributed by atoms with E-state index in [0.29, 0.717) is 12.3 Å². The fourth-order valence-electron chi connectivity index (χ4n) is 2.22. The van der Waals surface area contributed by atoms with Gasteiger partial charge in [0.2, 0.25) is 0 Å². The van der Waals surface area contributed by atoms with Crippen LogP contribution in [0.15, 0.2) is 46.9 Å². The van der Waals surface area contributed by atoms with E-state index in [9.17, 15) is 4.39 Å². The van der Waals surface area contributed by atoms with Crippen molar-refractivity contribution >= 4 is 11.1 Å². The maximum absolute atomic E-state index is 13.4. The van der Waals surface area contributed by atoms with Gasteiger partial charge in [0.1, 0.15) is 5.52 Å². The third-order valence-electron chi connectivity index (χ3n) is 3.34. The number of methoxy groups -OCH3 is 1. The van der Waals surface area contributed by atoms with Crippen molar-refractivity contribution in [2.24, 2.45) is 5.73 Å². The number of rotatable bonds is 4. The summed E-state index contributed by atoms with van der Waals surface area (Å²) in [7, 11) is 1.43. The lowest BCUT2D eigenvalue weighted by Gasteiger charge is -2.11. The van der Waals surface area contributed by atoms with Gasteiger partial charge in [-0.15, -0.1) is 0 Å². The first-order chi connectivity index (χ1) is 10.2. The van der Waals surface area contributed by atoms with Crippen LogP contribution in [0, 0.1) is 5.82 Å². The number of hydrogen-bond acceptors (Lipinski definition) is 4. The molecule has 3 rings (SSSR count). The van der Waals surface area contributed by atoms with Gasteiger partial charge in [0.25, 0.3) is 0 Å². The number of benzene rings is 2. The molecule has 0 aliphatic heterocycles. The Labute approximate surface area is 121 Å². The smallest absolute Gasteiger partial charge is 0.197 e. The number of nitrogens with two attached hydrogens (primary N) is 1. The molecule has 0 fully saturated rings. The van der Waals surface area contributed by atoms with Gasteiger partial charge in [-0.25, -0.2) is 9.37 Å². The van der Waals surface area contributed by atoms with Crippen LogP contribution in [0.3, 0.4) is 0 Å². The van der Waals surface area contributed by atoms with Gasteiger partial charge in [-0.3, -0.25) is 0 Å². The number of oxazole rings is 1. The Morgan fingerprint density at radius 1 is 1.29 bits per heavy atom. The molecular weight excluding hydrogens is 271 g/mol. The fourth-order valence-corrected chi connectivity index (χ4v) is 2.22. The van der Waals surface area contributed by atoms with Crippen molar-refractivity contribution in [1.29, 1.82) is 0 Å². The topological polar surface area (TPSA) is 61.3 Å². The van der Waals surface area contributed by atoms with E-state index in [2.05, 4.69) is 4.98 Å². The molecule has 0 spiro atoms. The molecule has 0 aliphatic rings. The molecule has 1 aromatic heterocycles. The molecule has 2 N–H and O–H groups in total. The van der Waals surface area contributed by atoms with E-state index >= 15 is 0 Å². The highest BCUT2D eigenvalue weighted by molar-refractivity contribution is 5.72. The number of para-hydroxylation sites is 2. The lowest BCUT2D eigenvalue weighted by molar-refractivity contribution is 0.385. The quantitative estimate of drug-likeness (QED) is 0.800. The summed E-state index contributed by atoms with van der Waals surface area (Å²) >= 11 is 0. The molecule has 4 nitrogen and oxygen atoms in total. The number of ether oxygens (including phenoxy) is 1. The van der Waals surface area contributed by atoms with E-state index in [1.54, 1.807) is 12.1 Å². The van der Waals surface area contributed by atoms with Gasteiger partial charge in [0.05, 0.1) is 7.11 Å². The van der Waals surface area contributed by atoms with E-state index < -0.39 is 5.82 Å². The molecule has 2 aromatic carbocycles. The summed E-state index contributed by atoms with van der Waals surface area (Å²) in [5.41, 5.74) is 8.45. The highest BCUT2D eigenvalue weighted by atomic mass is 19.1. The summed E-state index contributed by atoms with van der Waals surface area (Å²) < 4.78 is 24.0. The Kier molecular flexibility index (Phi) is 3.58. The fraction of sp³-hybridized carbons (Fsp3) is 0.188. The summed E-state index contributed by atoms with van der Waals surface area (Å²) in [6, 6.07) is 11.8. The van der Waals surface area contributed by atoms with Crippen LogP contribution in [-0.2, 0) is 6.42 Å². The van der Waals surface area contributed by atoms with Crippen molar-refractivity contribution in [2.45, 2.75) is 12.5 Å². The monoisotopic (exact) mass is 286 g/mol. The van der Waals surface area contributed by atoms with E-state index in [1.807, 2.05) is 24.3 Å². The maximum atomic E-state index is 13.4. The highest BCUT2D eigenvalue weighted by Crippen LogP contribution is 2.24. The number of halogens is 1. The maximum Gasteiger partial charge on any atom is 0.197 e. The number of hydrogen-bond donors (Lipinski definition) is 1.